The molecule has 1 fully saturated rings. The largest absolute Gasteiger partial charge is 0.367 e. The molecule has 1 aromatic heterocycles. The molecule has 0 bridgehead atoms. The van der Waals surface area contributed by atoms with Crippen molar-refractivity contribution in [1.29, 1.82) is 5.26 Å². The van der Waals surface area contributed by atoms with Gasteiger partial charge in [0.15, 0.2) is 0 Å². The number of rotatable bonds is 2. The number of carbonyl (C=O) groups excluding carboxylic acids is 2. The molecule has 23 heavy (non-hydrogen) atoms. The van der Waals surface area contributed by atoms with Gasteiger partial charge in [-0.3, -0.25) is 9.59 Å². The zero-order valence-electron chi connectivity index (χ0n) is 12.5. The zero-order chi connectivity index (χ0) is 16.2. The van der Waals surface area contributed by atoms with Crippen molar-refractivity contribution in [2.75, 3.05) is 26.2 Å². The third-order valence-corrected chi connectivity index (χ3v) is 3.94. The smallest absolute Gasteiger partial charge is 0.255 e. The summed E-state index contributed by atoms with van der Waals surface area (Å²) >= 11 is 0. The van der Waals surface area contributed by atoms with Crippen molar-refractivity contribution in [3.8, 4) is 6.07 Å². The first-order valence-corrected chi connectivity index (χ1v) is 7.40. The van der Waals surface area contributed by atoms with Gasteiger partial charge in [0.05, 0.1) is 17.2 Å². The lowest BCUT2D eigenvalue weighted by molar-refractivity contribution is 0.0535. The summed E-state index contributed by atoms with van der Waals surface area (Å²) in [6, 6.07) is 10.5. The fourth-order valence-electron chi connectivity index (χ4n) is 2.66. The Kier molecular flexibility index (Phi) is 4.11. The maximum atomic E-state index is 12.5. The average molecular weight is 308 g/mol. The molecule has 3 rings (SSSR count). The Balaban J connectivity index is 1.63. The van der Waals surface area contributed by atoms with E-state index in [2.05, 4.69) is 4.98 Å². The van der Waals surface area contributed by atoms with Gasteiger partial charge in [0.25, 0.3) is 11.8 Å². The molecule has 6 heteroatoms. The first kappa shape index (κ1) is 14.9. The quantitative estimate of drug-likeness (QED) is 0.912. The highest BCUT2D eigenvalue weighted by Gasteiger charge is 2.25. The van der Waals surface area contributed by atoms with E-state index in [0.29, 0.717) is 42.9 Å². The molecule has 1 N–H and O–H groups in total. The zero-order valence-corrected chi connectivity index (χ0v) is 12.5. The molecule has 0 spiro atoms. The Morgan fingerprint density at radius 2 is 1.65 bits per heavy atom. The number of H-pyrrole nitrogens is 1. The molecule has 1 aromatic carbocycles. The topological polar surface area (TPSA) is 80.2 Å². The lowest BCUT2D eigenvalue weighted by atomic mass is 10.1. The molecule has 2 aromatic rings. The van der Waals surface area contributed by atoms with Crippen LogP contribution in [-0.4, -0.2) is 52.8 Å². The maximum Gasteiger partial charge on any atom is 0.255 e. The van der Waals surface area contributed by atoms with Crippen LogP contribution in [0.2, 0.25) is 0 Å². The molecule has 1 aliphatic heterocycles. The fraction of sp³-hybridized carbons (Fsp3) is 0.235. The first-order chi connectivity index (χ1) is 11.2. The molecular weight excluding hydrogens is 292 g/mol. The summed E-state index contributed by atoms with van der Waals surface area (Å²) in [4.78, 5) is 31.1. The average Bonchev–Trinajstić information content (AvgIpc) is 3.15. The maximum absolute atomic E-state index is 12.5. The van der Waals surface area contributed by atoms with Crippen LogP contribution < -0.4 is 0 Å². The number of nitriles is 1. The van der Waals surface area contributed by atoms with E-state index in [1.54, 1.807) is 52.5 Å². The molecule has 0 aliphatic carbocycles. The van der Waals surface area contributed by atoms with Crippen LogP contribution in [0.3, 0.4) is 0 Å². The van der Waals surface area contributed by atoms with Crippen LogP contribution in [0, 0.1) is 11.3 Å². The number of amides is 2. The van der Waals surface area contributed by atoms with Crippen LogP contribution in [0.4, 0.5) is 0 Å². The lowest BCUT2D eigenvalue weighted by Gasteiger charge is -2.34. The van der Waals surface area contributed by atoms with Crippen LogP contribution >= 0.6 is 0 Å². The van der Waals surface area contributed by atoms with Gasteiger partial charge in [0.1, 0.15) is 0 Å². The van der Waals surface area contributed by atoms with Crippen molar-refractivity contribution in [3.63, 3.8) is 0 Å². The van der Waals surface area contributed by atoms with Crippen molar-refractivity contribution < 1.29 is 9.59 Å². The Labute approximate surface area is 133 Å². The molecule has 0 saturated carbocycles. The van der Waals surface area contributed by atoms with Crippen molar-refractivity contribution in [3.05, 3.63) is 59.4 Å². The minimum absolute atomic E-state index is 0.0233. The summed E-state index contributed by atoms with van der Waals surface area (Å²) in [5.41, 5.74) is 1.61. The van der Waals surface area contributed by atoms with Gasteiger partial charge in [-0.1, -0.05) is 6.07 Å². The number of aromatic amines is 1. The molecule has 0 unspecified atom stereocenters. The second kappa shape index (κ2) is 6.36. The molecule has 116 valence electrons. The molecule has 6 nitrogen and oxygen atoms in total. The van der Waals surface area contributed by atoms with E-state index >= 15 is 0 Å². The van der Waals surface area contributed by atoms with Crippen LogP contribution in [0.1, 0.15) is 26.3 Å². The Morgan fingerprint density at radius 1 is 1.00 bits per heavy atom. The number of hydrogen-bond acceptors (Lipinski definition) is 3. The van der Waals surface area contributed by atoms with E-state index < -0.39 is 0 Å². The highest BCUT2D eigenvalue weighted by Crippen LogP contribution is 2.12. The lowest BCUT2D eigenvalue weighted by Crippen LogP contribution is -2.50. The Hall–Kier alpha value is -3.07. The van der Waals surface area contributed by atoms with Crippen molar-refractivity contribution in [2.24, 2.45) is 0 Å². The van der Waals surface area contributed by atoms with E-state index in [1.807, 2.05) is 6.07 Å². The van der Waals surface area contributed by atoms with Gasteiger partial charge in [-0.25, -0.2) is 0 Å². The Morgan fingerprint density at radius 3 is 2.22 bits per heavy atom. The van der Waals surface area contributed by atoms with Crippen molar-refractivity contribution in [2.45, 2.75) is 0 Å². The predicted molar refractivity (Wildman–Crippen MR) is 83.8 cm³/mol. The number of piperazine rings is 1. The SMILES string of the molecule is N#Cc1cccc(C(=O)N2CCN(C(=O)c3cc[nH]c3)CC2)c1. The second-order valence-corrected chi connectivity index (χ2v) is 5.38. The predicted octanol–water partition coefficient (Wildman–Crippen LogP) is 1.48. The number of nitrogens with one attached hydrogen (secondary N) is 1. The Bertz CT molecular complexity index is 753. The van der Waals surface area contributed by atoms with Crippen LogP contribution in [0.25, 0.3) is 0 Å². The second-order valence-electron chi connectivity index (χ2n) is 5.38. The number of aromatic nitrogens is 1. The highest BCUT2D eigenvalue weighted by molar-refractivity contribution is 5.96. The number of hydrogen-bond donors (Lipinski definition) is 1. The summed E-state index contributed by atoms with van der Waals surface area (Å²) in [5.74, 6) is -0.124. The van der Waals surface area contributed by atoms with E-state index in [-0.39, 0.29) is 11.8 Å². The van der Waals surface area contributed by atoms with Gasteiger partial charge < -0.3 is 14.8 Å². The monoisotopic (exact) mass is 308 g/mol. The van der Waals surface area contributed by atoms with Gasteiger partial charge in [0.2, 0.25) is 0 Å². The first-order valence-electron chi connectivity index (χ1n) is 7.40. The minimum atomic E-state index is -0.101. The molecule has 1 aliphatic rings. The molecule has 0 atom stereocenters. The third-order valence-electron chi connectivity index (χ3n) is 3.94. The summed E-state index contributed by atoms with van der Waals surface area (Å²) in [7, 11) is 0. The molecule has 0 radical (unpaired) electrons. The standard InChI is InChI=1S/C17H16N4O2/c18-11-13-2-1-3-14(10-13)16(22)20-6-8-21(9-7-20)17(23)15-4-5-19-12-15/h1-5,10,12,19H,6-9H2. The van der Waals surface area contributed by atoms with Gasteiger partial charge in [-0.2, -0.15) is 5.26 Å². The summed E-state index contributed by atoms with van der Waals surface area (Å²) in [6.45, 7) is 2.00. The van der Waals surface area contributed by atoms with Gasteiger partial charge in [0, 0.05) is 44.1 Å². The van der Waals surface area contributed by atoms with Crippen LogP contribution in [0.5, 0.6) is 0 Å². The third kappa shape index (κ3) is 3.09. The normalized spacial score (nSPS) is 14.4. The van der Waals surface area contributed by atoms with E-state index in [1.165, 1.54) is 0 Å². The van der Waals surface area contributed by atoms with E-state index in [4.69, 9.17) is 5.26 Å². The minimum Gasteiger partial charge on any atom is -0.367 e. The molecular formula is C17H16N4O2. The fourth-order valence-corrected chi connectivity index (χ4v) is 2.66. The van der Waals surface area contributed by atoms with Gasteiger partial charge in [-0.15, -0.1) is 0 Å². The molecule has 1 saturated heterocycles. The summed E-state index contributed by atoms with van der Waals surface area (Å²) in [5, 5.41) is 8.92. The summed E-state index contributed by atoms with van der Waals surface area (Å²) in [6.07, 6.45) is 3.39. The van der Waals surface area contributed by atoms with E-state index in [0.717, 1.165) is 0 Å². The number of carbonyl (C=O) groups is 2. The van der Waals surface area contributed by atoms with Gasteiger partial charge >= 0.3 is 0 Å². The molecule has 2 amide bonds. The van der Waals surface area contributed by atoms with Crippen molar-refractivity contribution in [1.82, 2.24) is 14.8 Å². The summed E-state index contributed by atoms with van der Waals surface area (Å²) < 4.78 is 0. The number of nitrogens with zero attached hydrogens (tertiary/aromatic N) is 3. The molecule has 2 heterocycles. The van der Waals surface area contributed by atoms with Crippen LogP contribution in [0.15, 0.2) is 42.7 Å². The van der Waals surface area contributed by atoms with Gasteiger partial charge in [-0.05, 0) is 24.3 Å². The van der Waals surface area contributed by atoms with E-state index in [9.17, 15) is 9.59 Å². The number of benzene rings is 1. The van der Waals surface area contributed by atoms with Crippen LogP contribution in [-0.2, 0) is 0 Å². The van der Waals surface area contributed by atoms with Crippen molar-refractivity contribution >= 4 is 11.8 Å². The highest BCUT2D eigenvalue weighted by atomic mass is 16.2.